The Morgan fingerprint density at radius 1 is 1.27 bits per heavy atom. The number of carbonyl (C=O) groups excluding carboxylic acids is 2. The molecule has 0 spiro atoms. The summed E-state index contributed by atoms with van der Waals surface area (Å²) in [5.74, 6) is -5.06. The van der Waals surface area contributed by atoms with Crippen LogP contribution < -0.4 is 0 Å². The van der Waals surface area contributed by atoms with Crippen LogP contribution in [0.3, 0.4) is 0 Å². The molecule has 1 aromatic heterocycles. The van der Waals surface area contributed by atoms with Gasteiger partial charge in [0.25, 0.3) is 5.92 Å². The molecule has 2 saturated carbocycles. The summed E-state index contributed by atoms with van der Waals surface area (Å²) in [6, 6.07) is 0. The van der Waals surface area contributed by atoms with Crippen molar-refractivity contribution in [1.29, 1.82) is 0 Å². The van der Waals surface area contributed by atoms with Crippen molar-refractivity contribution in [1.82, 2.24) is 14.7 Å². The summed E-state index contributed by atoms with van der Waals surface area (Å²) >= 11 is 0. The molecule has 2 fully saturated rings. The van der Waals surface area contributed by atoms with Gasteiger partial charge < -0.3 is 9.64 Å². The highest BCUT2D eigenvalue weighted by Gasteiger charge is 2.74. The number of ether oxygens (including phenoxy) is 1. The highest BCUT2D eigenvalue weighted by Crippen LogP contribution is 2.67. The van der Waals surface area contributed by atoms with Crippen LogP contribution >= 0.6 is 0 Å². The Balaban J connectivity index is 1.52. The molecule has 142 valence electrons. The molecule has 0 saturated heterocycles. The third kappa shape index (κ3) is 2.70. The smallest absolute Gasteiger partial charge is 0.410 e. The van der Waals surface area contributed by atoms with Crippen molar-refractivity contribution in [3.05, 3.63) is 17.5 Å². The Hall–Kier alpha value is -1.99. The monoisotopic (exact) mass is 367 g/mol. The van der Waals surface area contributed by atoms with Gasteiger partial charge in [0.2, 0.25) is 0 Å². The van der Waals surface area contributed by atoms with Gasteiger partial charge >= 0.3 is 6.09 Å². The van der Waals surface area contributed by atoms with Crippen molar-refractivity contribution in [2.24, 2.45) is 17.8 Å². The van der Waals surface area contributed by atoms with E-state index in [9.17, 15) is 18.4 Å². The van der Waals surface area contributed by atoms with E-state index in [4.69, 9.17) is 4.74 Å². The van der Waals surface area contributed by atoms with Crippen molar-refractivity contribution in [3.8, 4) is 0 Å². The van der Waals surface area contributed by atoms with Gasteiger partial charge in [0, 0.05) is 24.3 Å². The van der Waals surface area contributed by atoms with E-state index in [0.29, 0.717) is 37.2 Å². The fourth-order valence-corrected chi connectivity index (χ4v) is 4.30. The normalized spacial score (nSPS) is 29.1. The minimum absolute atomic E-state index is 0.202. The molecule has 2 aliphatic carbocycles. The van der Waals surface area contributed by atoms with E-state index in [2.05, 4.69) is 5.10 Å². The molecule has 26 heavy (non-hydrogen) atoms. The van der Waals surface area contributed by atoms with E-state index in [1.165, 1.54) is 11.1 Å². The number of hydrogen-bond donors (Lipinski definition) is 0. The van der Waals surface area contributed by atoms with Crippen molar-refractivity contribution >= 4 is 11.9 Å². The number of nitrogens with zero attached hydrogens (tertiary/aromatic N) is 3. The summed E-state index contributed by atoms with van der Waals surface area (Å²) in [6.45, 7) is 6.46. The van der Waals surface area contributed by atoms with Crippen LogP contribution in [-0.4, -0.2) is 44.6 Å². The maximum absolute atomic E-state index is 13.7. The van der Waals surface area contributed by atoms with Crippen LogP contribution in [0.2, 0.25) is 0 Å². The number of ketones is 1. The molecule has 6 nitrogen and oxygen atoms in total. The average molecular weight is 367 g/mol. The van der Waals surface area contributed by atoms with Gasteiger partial charge in [-0.15, -0.1) is 0 Å². The molecule has 3 unspecified atom stereocenters. The molecule has 0 radical (unpaired) electrons. The Bertz CT molecular complexity index is 768. The van der Waals surface area contributed by atoms with Gasteiger partial charge in [-0.25, -0.2) is 13.6 Å². The lowest BCUT2D eigenvalue weighted by atomic mass is 9.92. The van der Waals surface area contributed by atoms with Gasteiger partial charge in [0.15, 0.2) is 5.78 Å². The number of aromatic nitrogens is 2. The first-order valence-corrected chi connectivity index (χ1v) is 9.04. The first-order valence-electron chi connectivity index (χ1n) is 9.04. The van der Waals surface area contributed by atoms with Crippen LogP contribution in [0.1, 0.15) is 49.7 Å². The molecule has 4 rings (SSSR count). The third-order valence-corrected chi connectivity index (χ3v) is 5.61. The van der Waals surface area contributed by atoms with E-state index in [0.717, 1.165) is 0 Å². The third-order valence-electron chi connectivity index (χ3n) is 5.61. The zero-order valence-corrected chi connectivity index (χ0v) is 15.2. The summed E-state index contributed by atoms with van der Waals surface area (Å²) in [4.78, 5) is 26.7. The Morgan fingerprint density at radius 2 is 2.00 bits per heavy atom. The average Bonchev–Trinajstić information content (AvgIpc) is 2.96. The number of amides is 1. The standard InChI is InChI=1S/C18H23F2N3O3/c1-17(2,3)26-16(25)22-6-7-23-13(9-22)11(8-21-23)15(24)10-4-5-12-14(10)18(12,19)20/h8,10,12,14H,4-7,9H2,1-3H3. The summed E-state index contributed by atoms with van der Waals surface area (Å²) in [5.41, 5.74) is 0.371. The van der Waals surface area contributed by atoms with E-state index in [1.807, 2.05) is 0 Å². The fraction of sp³-hybridized carbons (Fsp3) is 0.722. The molecule has 0 N–H and O–H groups in total. The number of halogens is 2. The Kier molecular flexibility index (Phi) is 3.69. The lowest BCUT2D eigenvalue weighted by Crippen LogP contribution is -2.42. The molecule has 0 bridgehead atoms. The molecular formula is C18H23F2N3O3. The molecule has 1 amide bonds. The predicted molar refractivity (Wildman–Crippen MR) is 87.9 cm³/mol. The molecule has 8 heteroatoms. The van der Waals surface area contributed by atoms with Crippen LogP contribution in [0.5, 0.6) is 0 Å². The Labute approximate surface area is 150 Å². The SMILES string of the molecule is CC(C)(C)OC(=O)N1CCn2ncc(C(=O)C3CCC4C3C4(F)F)c2C1. The lowest BCUT2D eigenvalue weighted by Gasteiger charge is -2.31. The van der Waals surface area contributed by atoms with Crippen LogP contribution in [-0.2, 0) is 17.8 Å². The van der Waals surface area contributed by atoms with E-state index >= 15 is 0 Å². The summed E-state index contributed by atoms with van der Waals surface area (Å²) < 4.78 is 34.5. The molecule has 1 aromatic rings. The van der Waals surface area contributed by atoms with Crippen molar-refractivity contribution in [2.45, 2.75) is 58.2 Å². The van der Waals surface area contributed by atoms with Gasteiger partial charge in [0.1, 0.15) is 5.60 Å². The maximum atomic E-state index is 13.7. The fourth-order valence-electron chi connectivity index (χ4n) is 4.30. The number of Topliss-reactive ketones (excluding diaryl/α,β-unsaturated/α-hetero) is 1. The molecule has 0 aromatic carbocycles. The molecule has 1 aliphatic heterocycles. The lowest BCUT2D eigenvalue weighted by molar-refractivity contribution is 0.0193. The zero-order chi connectivity index (χ0) is 18.9. The van der Waals surface area contributed by atoms with Crippen LogP contribution in [0.15, 0.2) is 6.20 Å². The largest absolute Gasteiger partial charge is 0.444 e. The number of hydrogen-bond acceptors (Lipinski definition) is 4. The number of rotatable bonds is 2. The van der Waals surface area contributed by atoms with Crippen molar-refractivity contribution in [3.63, 3.8) is 0 Å². The van der Waals surface area contributed by atoms with Crippen molar-refractivity contribution < 1.29 is 23.1 Å². The topological polar surface area (TPSA) is 64.4 Å². The number of carbonyl (C=O) groups is 2. The maximum Gasteiger partial charge on any atom is 0.410 e. The van der Waals surface area contributed by atoms with Gasteiger partial charge in [-0.2, -0.15) is 5.10 Å². The molecule has 3 aliphatic rings. The van der Waals surface area contributed by atoms with Crippen molar-refractivity contribution in [2.75, 3.05) is 6.54 Å². The summed E-state index contributed by atoms with van der Waals surface area (Å²) in [5, 5.41) is 4.22. The number of alkyl halides is 2. The minimum Gasteiger partial charge on any atom is -0.444 e. The van der Waals surface area contributed by atoms with E-state index in [1.54, 1.807) is 25.5 Å². The van der Waals surface area contributed by atoms with Crippen LogP contribution in [0.25, 0.3) is 0 Å². The van der Waals surface area contributed by atoms with Crippen LogP contribution in [0.4, 0.5) is 13.6 Å². The predicted octanol–water partition coefficient (Wildman–Crippen LogP) is 3.11. The van der Waals surface area contributed by atoms with Gasteiger partial charge in [0.05, 0.1) is 30.5 Å². The highest BCUT2D eigenvalue weighted by molar-refractivity contribution is 5.99. The summed E-state index contributed by atoms with van der Waals surface area (Å²) in [7, 11) is 0. The first kappa shape index (κ1) is 17.4. The first-order chi connectivity index (χ1) is 12.1. The van der Waals surface area contributed by atoms with Crippen LogP contribution in [0, 0.1) is 17.8 Å². The van der Waals surface area contributed by atoms with E-state index in [-0.39, 0.29) is 12.3 Å². The summed E-state index contributed by atoms with van der Waals surface area (Å²) in [6.07, 6.45) is 1.92. The molecular weight excluding hydrogens is 344 g/mol. The Morgan fingerprint density at radius 3 is 2.62 bits per heavy atom. The molecule has 3 atom stereocenters. The number of fused-ring (bicyclic) bond motifs is 2. The molecule has 2 heterocycles. The van der Waals surface area contributed by atoms with Gasteiger partial charge in [-0.1, -0.05) is 0 Å². The zero-order valence-electron chi connectivity index (χ0n) is 15.2. The second-order valence-corrected chi connectivity index (χ2v) is 8.48. The highest BCUT2D eigenvalue weighted by atomic mass is 19.3. The quantitative estimate of drug-likeness (QED) is 0.754. The second kappa shape index (κ2) is 5.50. The second-order valence-electron chi connectivity index (χ2n) is 8.48. The van der Waals surface area contributed by atoms with E-state index < -0.39 is 35.4 Å². The van der Waals surface area contributed by atoms with Gasteiger partial charge in [-0.05, 0) is 33.6 Å². The minimum atomic E-state index is -2.70. The van der Waals surface area contributed by atoms with Gasteiger partial charge in [-0.3, -0.25) is 9.48 Å².